The number of nitrogens with one attached hydrogen (secondary N) is 2. The van der Waals surface area contributed by atoms with Gasteiger partial charge in [-0.25, -0.2) is 4.39 Å². The van der Waals surface area contributed by atoms with Crippen molar-refractivity contribution in [2.75, 3.05) is 50.2 Å². The highest BCUT2D eigenvalue weighted by Gasteiger charge is 2.34. The van der Waals surface area contributed by atoms with Crippen molar-refractivity contribution in [2.24, 2.45) is 5.92 Å². The van der Waals surface area contributed by atoms with Crippen LogP contribution in [0.2, 0.25) is 0 Å². The molecule has 7 nitrogen and oxygen atoms in total. The van der Waals surface area contributed by atoms with Gasteiger partial charge in [0, 0.05) is 44.3 Å². The van der Waals surface area contributed by atoms with Crippen LogP contribution < -0.4 is 20.3 Å². The molecule has 1 aromatic carbocycles. The number of hydrogen-bond acceptors (Lipinski definition) is 6. The van der Waals surface area contributed by atoms with Crippen LogP contribution in [0.3, 0.4) is 0 Å². The van der Waals surface area contributed by atoms with Crippen molar-refractivity contribution >= 4 is 29.1 Å². The second-order valence-corrected chi connectivity index (χ2v) is 9.40. The third-order valence-corrected chi connectivity index (χ3v) is 6.84. The fourth-order valence-corrected chi connectivity index (χ4v) is 4.82. The minimum atomic E-state index is -0.236. The Morgan fingerprint density at radius 2 is 2.03 bits per heavy atom. The number of aromatic nitrogens is 2. The number of nitrogens with zero attached hydrogens (tertiary/aromatic N) is 3. The van der Waals surface area contributed by atoms with Gasteiger partial charge in [0.25, 0.3) is 0 Å². The highest BCUT2D eigenvalue weighted by molar-refractivity contribution is 7.80. The second kappa shape index (κ2) is 10.6. The lowest BCUT2D eigenvalue weighted by molar-refractivity contribution is 0.0515. The highest BCUT2D eigenvalue weighted by Crippen LogP contribution is 2.34. The normalized spacial score (nSPS) is 20.2. The first-order chi connectivity index (χ1) is 16.0. The predicted octanol–water partition coefficient (Wildman–Crippen LogP) is 3.90. The molecule has 2 N–H and O–H groups in total. The Bertz CT molecular complexity index is 952. The van der Waals surface area contributed by atoms with Crippen molar-refractivity contribution in [1.82, 2.24) is 15.3 Å². The number of benzene rings is 1. The van der Waals surface area contributed by atoms with Gasteiger partial charge in [-0.1, -0.05) is 19.1 Å². The molecule has 178 valence electrons. The maximum atomic E-state index is 13.5. The summed E-state index contributed by atoms with van der Waals surface area (Å²) in [7, 11) is 1.60. The predicted molar refractivity (Wildman–Crippen MR) is 132 cm³/mol. The SMILES string of the molecule is COc1cc(N2CCCC(C)C2)nc(NC(=S)NCC2(c3ccc(F)cc3)CCOCC2)n1. The molecule has 1 aromatic heterocycles. The summed E-state index contributed by atoms with van der Waals surface area (Å²) in [6.45, 7) is 6.12. The molecule has 2 fully saturated rings. The van der Waals surface area contributed by atoms with Gasteiger partial charge < -0.3 is 25.0 Å². The van der Waals surface area contributed by atoms with E-state index in [9.17, 15) is 4.39 Å². The van der Waals surface area contributed by atoms with E-state index in [1.54, 1.807) is 7.11 Å². The lowest BCUT2D eigenvalue weighted by Crippen LogP contribution is -2.45. The molecule has 2 aliphatic rings. The first-order valence-corrected chi connectivity index (χ1v) is 11.9. The molecule has 2 aromatic rings. The van der Waals surface area contributed by atoms with Crippen LogP contribution in [0.4, 0.5) is 16.2 Å². The van der Waals surface area contributed by atoms with Crippen LogP contribution in [0.25, 0.3) is 0 Å². The van der Waals surface area contributed by atoms with Gasteiger partial charge in [-0.05, 0) is 61.5 Å². The summed E-state index contributed by atoms with van der Waals surface area (Å²) >= 11 is 5.57. The van der Waals surface area contributed by atoms with E-state index in [1.165, 1.54) is 18.6 Å². The largest absolute Gasteiger partial charge is 0.481 e. The quantitative estimate of drug-likeness (QED) is 0.613. The van der Waals surface area contributed by atoms with Crippen LogP contribution in [-0.2, 0) is 10.2 Å². The van der Waals surface area contributed by atoms with E-state index < -0.39 is 0 Å². The van der Waals surface area contributed by atoms with Gasteiger partial charge >= 0.3 is 0 Å². The molecule has 0 aliphatic carbocycles. The van der Waals surface area contributed by atoms with Crippen LogP contribution in [0.15, 0.2) is 30.3 Å². The summed E-state index contributed by atoms with van der Waals surface area (Å²) in [4.78, 5) is 11.4. The van der Waals surface area contributed by atoms with E-state index in [1.807, 2.05) is 18.2 Å². The third-order valence-electron chi connectivity index (χ3n) is 6.60. The average Bonchev–Trinajstić information content (AvgIpc) is 2.83. The first kappa shape index (κ1) is 23.6. The van der Waals surface area contributed by atoms with E-state index in [-0.39, 0.29) is 11.2 Å². The Kier molecular flexibility index (Phi) is 7.60. The second-order valence-electron chi connectivity index (χ2n) is 8.99. The molecule has 0 saturated carbocycles. The Balaban J connectivity index is 1.45. The maximum absolute atomic E-state index is 13.5. The van der Waals surface area contributed by atoms with Gasteiger partial charge in [-0.2, -0.15) is 9.97 Å². The molecule has 9 heteroatoms. The zero-order valence-corrected chi connectivity index (χ0v) is 20.1. The molecule has 33 heavy (non-hydrogen) atoms. The van der Waals surface area contributed by atoms with E-state index in [0.717, 1.165) is 43.7 Å². The number of hydrogen-bond donors (Lipinski definition) is 2. The molecular weight excluding hydrogens is 441 g/mol. The Morgan fingerprint density at radius 1 is 1.27 bits per heavy atom. The third kappa shape index (κ3) is 5.89. The summed E-state index contributed by atoms with van der Waals surface area (Å²) < 4.78 is 24.5. The summed E-state index contributed by atoms with van der Waals surface area (Å²) in [6, 6.07) is 8.60. The Labute approximate surface area is 200 Å². The maximum Gasteiger partial charge on any atom is 0.234 e. The molecule has 2 saturated heterocycles. The van der Waals surface area contributed by atoms with E-state index >= 15 is 0 Å². The zero-order valence-electron chi connectivity index (χ0n) is 19.3. The van der Waals surface area contributed by atoms with Crippen LogP contribution in [0, 0.1) is 11.7 Å². The molecule has 1 atom stereocenters. The fraction of sp³-hybridized carbons (Fsp3) is 0.542. The Morgan fingerprint density at radius 3 is 2.73 bits per heavy atom. The topological polar surface area (TPSA) is 71.5 Å². The van der Waals surface area contributed by atoms with Crippen molar-refractivity contribution in [3.63, 3.8) is 0 Å². The number of anilines is 2. The minimum Gasteiger partial charge on any atom is -0.481 e. The zero-order chi connectivity index (χ0) is 23.3. The fourth-order valence-electron chi connectivity index (χ4n) is 4.66. The van der Waals surface area contributed by atoms with Gasteiger partial charge in [0.15, 0.2) is 5.11 Å². The molecule has 0 bridgehead atoms. The van der Waals surface area contributed by atoms with Crippen LogP contribution in [0.5, 0.6) is 5.88 Å². The van der Waals surface area contributed by atoms with Crippen molar-refractivity contribution in [1.29, 1.82) is 0 Å². The van der Waals surface area contributed by atoms with Crippen molar-refractivity contribution < 1.29 is 13.9 Å². The summed E-state index contributed by atoms with van der Waals surface area (Å²) in [6.07, 6.45) is 4.05. The molecule has 1 unspecified atom stereocenters. The summed E-state index contributed by atoms with van der Waals surface area (Å²) in [5, 5.41) is 6.90. The molecule has 0 amide bonds. The number of ether oxygens (including phenoxy) is 2. The van der Waals surface area contributed by atoms with Gasteiger partial charge in [-0.15, -0.1) is 0 Å². The lowest BCUT2D eigenvalue weighted by Gasteiger charge is -2.38. The molecule has 0 radical (unpaired) electrons. The Hall–Kier alpha value is -2.52. The standard InChI is InChI=1S/C24H32FN5O2S/c1-17-4-3-11-30(15-17)20-14-21(31-2)28-22(27-20)29-23(33)26-16-24(9-12-32-13-10-24)18-5-7-19(25)8-6-18/h5-8,14,17H,3-4,9-13,15-16H2,1-2H3,(H2,26,27,28,29,33). The average molecular weight is 474 g/mol. The summed E-state index contributed by atoms with van der Waals surface area (Å²) in [5.41, 5.74) is 0.906. The monoisotopic (exact) mass is 473 g/mol. The summed E-state index contributed by atoms with van der Waals surface area (Å²) in [5.74, 6) is 2.13. The van der Waals surface area contributed by atoms with Gasteiger partial charge in [0.1, 0.15) is 11.6 Å². The molecular formula is C24H32FN5O2S. The molecule has 2 aliphatic heterocycles. The first-order valence-electron chi connectivity index (χ1n) is 11.5. The molecule has 4 rings (SSSR count). The van der Waals surface area contributed by atoms with E-state index in [4.69, 9.17) is 26.7 Å². The van der Waals surface area contributed by atoms with E-state index in [0.29, 0.717) is 42.6 Å². The van der Waals surface area contributed by atoms with Crippen LogP contribution in [-0.4, -0.2) is 55.0 Å². The van der Waals surface area contributed by atoms with Crippen molar-refractivity contribution in [3.8, 4) is 5.88 Å². The van der Waals surface area contributed by atoms with Crippen LogP contribution in [0.1, 0.15) is 38.2 Å². The van der Waals surface area contributed by atoms with E-state index in [2.05, 4.69) is 27.4 Å². The number of piperidine rings is 1. The molecule has 3 heterocycles. The van der Waals surface area contributed by atoms with Crippen LogP contribution >= 0.6 is 12.2 Å². The van der Waals surface area contributed by atoms with Crippen molar-refractivity contribution in [2.45, 2.75) is 38.0 Å². The minimum absolute atomic E-state index is 0.179. The van der Waals surface area contributed by atoms with Gasteiger partial charge in [0.05, 0.1) is 7.11 Å². The number of thiocarbonyl (C=S) groups is 1. The highest BCUT2D eigenvalue weighted by atomic mass is 32.1. The molecule has 0 spiro atoms. The van der Waals surface area contributed by atoms with Gasteiger partial charge in [0.2, 0.25) is 11.8 Å². The lowest BCUT2D eigenvalue weighted by atomic mass is 9.74. The smallest absolute Gasteiger partial charge is 0.234 e. The number of rotatable bonds is 6. The van der Waals surface area contributed by atoms with Crippen molar-refractivity contribution in [3.05, 3.63) is 41.7 Å². The number of methoxy groups -OCH3 is 1. The number of halogens is 1. The van der Waals surface area contributed by atoms with Gasteiger partial charge in [-0.3, -0.25) is 0 Å².